The molecule has 1 unspecified atom stereocenters. The first kappa shape index (κ1) is 20.2. The Morgan fingerprint density at radius 1 is 0.848 bits per heavy atom. The van der Waals surface area contributed by atoms with Gasteiger partial charge in [0.15, 0.2) is 5.60 Å². The van der Waals surface area contributed by atoms with Gasteiger partial charge >= 0.3 is 0 Å². The van der Waals surface area contributed by atoms with Crippen molar-refractivity contribution in [3.8, 4) is 26.6 Å². The van der Waals surface area contributed by atoms with Crippen LogP contribution in [0.1, 0.15) is 37.7 Å². The van der Waals surface area contributed by atoms with Crippen molar-refractivity contribution < 1.29 is 19.6 Å². The lowest BCUT2D eigenvalue weighted by atomic mass is 9.47. The maximum atomic E-state index is 11.1. The van der Waals surface area contributed by atoms with E-state index in [1.165, 1.54) is 42.5 Å². The maximum absolute atomic E-state index is 11.1. The van der Waals surface area contributed by atoms with Crippen molar-refractivity contribution in [3.05, 3.63) is 66.2 Å². The number of hydrogen-bond acceptors (Lipinski definition) is 5. The number of aromatic hydroxyl groups is 1. The summed E-state index contributed by atoms with van der Waals surface area (Å²) in [5.41, 5.74) is 2.43. The smallest absolute Gasteiger partial charge is 0.260 e. The van der Waals surface area contributed by atoms with E-state index in [9.17, 15) is 5.11 Å². The molecule has 1 aromatic heterocycles. The number of thiophene rings is 1. The standard InChI is InChI=1S/C28H28O4S/c1-30-28(27(31-32-28)21-12-17-11-18(14-21)15-22(27)13-17)20-7-8-23(24(29)16-20)26-10-9-25(33-26)19-5-3-2-4-6-19/h2-10,16-18,21-22,29H,11-15H2,1H3. The topological polar surface area (TPSA) is 47.9 Å². The van der Waals surface area contributed by atoms with Gasteiger partial charge in [-0.1, -0.05) is 36.4 Å². The Morgan fingerprint density at radius 3 is 2.15 bits per heavy atom. The van der Waals surface area contributed by atoms with E-state index in [1.54, 1.807) is 18.4 Å². The van der Waals surface area contributed by atoms with Crippen LogP contribution in [0.25, 0.3) is 20.9 Å². The molecule has 1 aliphatic heterocycles. The lowest BCUT2D eigenvalue weighted by Crippen LogP contribution is -2.76. The van der Waals surface area contributed by atoms with Gasteiger partial charge in [0.05, 0.1) is 0 Å². The molecule has 4 nitrogen and oxygen atoms in total. The third kappa shape index (κ3) is 2.68. The molecular weight excluding hydrogens is 432 g/mol. The zero-order valence-corrected chi connectivity index (χ0v) is 19.5. The van der Waals surface area contributed by atoms with Gasteiger partial charge in [0, 0.05) is 28.0 Å². The van der Waals surface area contributed by atoms with Crippen LogP contribution < -0.4 is 0 Å². The largest absolute Gasteiger partial charge is 0.507 e. The van der Waals surface area contributed by atoms with Crippen LogP contribution in [0.5, 0.6) is 5.75 Å². The van der Waals surface area contributed by atoms with Crippen molar-refractivity contribution in [2.45, 2.75) is 43.5 Å². The second-order valence-corrected chi connectivity index (χ2v) is 11.4. The number of methoxy groups -OCH3 is 1. The summed E-state index contributed by atoms with van der Waals surface area (Å²) in [5.74, 6) is 1.86. The van der Waals surface area contributed by atoms with E-state index in [-0.39, 0.29) is 5.75 Å². The van der Waals surface area contributed by atoms with Crippen molar-refractivity contribution in [2.24, 2.45) is 23.7 Å². The van der Waals surface area contributed by atoms with E-state index in [0.717, 1.165) is 27.8 Å². The quantitative estimate of drug-likeness (QED) is 0.438. The molecule has 1 spiro atoms. The highest BCUT2D eigenvalue weighted by atomic mass is 32.1. The molecule has 0 radical (unpaired) electrons. The van der Waals surface area contributed by atoms with Crippen LogP contribution >= 0.6 is 11.3 Å². The van der Waals surface area contributed by atoms with Gasteiger partial charge in [0.2, 0.25) is 0 Å². The molecule has 4 bridgehead atoms. The average Bonchev–Trinajstić information content (AvgIpc) is 3.29. The Morgan fingerprint density at radius 2 is 1.55 bits per heavy atom. The number of ether oxygens (including phenoxy) is 1. The zero-order chi connectivity index (χ0) is 22.2. The lowest BCUT2D eigenvalue weighted by molar-refractivity contribution is -0.645. The molecule has 5 fully saturated rings. The van der Waals surface area contributed by atoms with Gasteiger partial charge < -0.3 is 9.84 Å². The van der Waals surface area contributed by atoms with Gasteiger partial charge in [-0.15, -0.1) is 11.3 Å². The lowest BCUT2D eigenvalue weighted by Gasteiger charge is -2.68. The second-order valence-electron chi connectivity index (χ2n) is 10.3. The van der Waals surface area contributed by atoms with Gasteiger partial charge in [-0.3, -0.25) is 0 Å². The minimum absolute atomic E-state index is 0.250. The van der Waals surface area contributed by atoms with Crippen LogP contribution in [0.3, 0.4) is 0 Å². The Labute approximate surface area is 198 Å². The van der Waals surface area contributed by atoms with Crippen LogP contribution in [0.15, 0.2) is 60.7 Å². The fraction of sp³-hybridized carbons (Fsp3) is 0.429. The third-order valence-corrected chi connectivity index (χ3v) is 9.92. The fourth-order valence-corrected chi connectivity index (χ4v) is 8.59. The summed E-state index contributed by atoms with van der Waals surface area (Å²) in [6, 6.07) is 20.4. The molecule has 4 aliphatic carbocycles. The molecule has 5 heteroatoms. The zero-order valence-electron chi connectivity index (χ0n) is 18.7. The van der Waals surface area contributed by atoms with Crippen molar-refractivity contribution >= 4 is 11.3 Å². The Hall–Kier alpha value is -2.18. The summed E-state index contributed by atoms with van der Waals surface area (Å²) >= 11 is 1.69. The average molecular weight is 461 g/mol. The Bertz CT molecular complexity index is 1170. The molecule has 170 valence electrons. The monoisotopic (exact) mass is 460 g/mol. The van der Waals surface area contributed by atoms with E-state index < -0.39 is 11.4 Å². The van der Waals surface area contributed by atoms with E-state index in [2.05, 4.69) is 30.3 Å². The Kier molecular flexibility index (Phi) is 4.39. The second kappa shape index (κ2) is 7.16. The maximum Gasteiger partial charge on any atom is 0.260 e. The van der Waals surface area contributed by atoms with Gasteiger partial charge in [-0.25, -0.2) is 4.89 Å². The van der Waals surface area contributed by atoms with Gasteiger partial charge in [0.1, 0.15) is 5.75 Å². The highest BCUT2D eigenvalue weighted by Gasteiger charge is 2.76. The van der Waals surface area contributed by atoms with Crippen LogP contribution in [-0.2, 0) is 20.3 Å². The highest BCUT2D eigenvalue weighted by molar-refractivity contribution is 7.18. The molecule has 1 N–H and O–H groups in total. The van der Waals surface area contributed by atoms with Crippen LogP contribution in [0.4, 0.5) is 0 Å². The summed E-state index contributed by atoms with van der Waals surface area (Å²) in [6.07, 6.45) is 6.17. The normalized spacial score (nSPS) is 36.3. The first-order chi connectivity index (χ1) is 16.1. The summed E-state index contributed by atoms with van der Waals surface area (Å²) < 4.78 is 6.15. The molecule has 4 saturated carbocycles. The minimum Gasteiger partial charge on any atom is -0.507 e. The minimum atomic E-state index is -0.948. The Balaban J connectivity index is 1.24. The van der Waals surface area contributed by atoms with Crippen LogP contribution in [0, 0.1) is 23.7 Å². The predicted molar refractivity (Wildman–Crippen MR) is 127 cm³/mol. The summed E-state index contributed by atoms with van der Waals surface area (Å²) in [4.78, 5) is 14.2. The van der Waals surface area contributed by atoms with Crippen molar-refractivity contribution in [1.29, 1.82) is 0 Å². The molecule has 2 aromatic carbocycles. The van der Waals surface area contributed by atoms with Crippen molar-refractivity contribution in [2.75, 3.05) is 7.11 Å². The third-order valence-electron chi connectivity index (χ3n) is 8.76. The van der Waals surface area contributed by atoms with E-state index in [4.69, 9.17) is 14.5 Å². The van der Waals surface area contributed by atoms with Gasteiger partial charge in [0.25, 0.3) is 5.79 Å². The number of phenolic OH excluding ortho intramolecular Hbond substituents is 1. The summed E-state index contributed by atoms with van der Waals surface area (Å²) in [7, 11) is 1.71. The van der Waals surface area contributed by atoms with Crippen LogP contribution in [-0.4, -0.2) is 17.8 Å². The van der Waals surface area contributed by atoms with Crippen LogP contribution in [0.2, 0.25) is 0 Å². The summed E-state index contributed by atoms with van der Waals surface area (Å²) in [5, 5.41) is 11.1. The molecular formula is C28H28O4S. The molecule has 1 saturated heterocycles. The summed E-state index contributed by atoms with van der Waals surface area (Å²) in [6.45, 7) is 0. The van der Waals surface area contributed by atoms with Gasteiger partial charge in [-0.2, -0.15) is 4.89 Å². The highest BCUT2D eigenvalue weighted by Crippen LogP contribution is 2.69. The molecule has 0 amide bonds. The molecule has 2 heterocycles. The number of hydrogen-bond donors (Lipinski definition) is 1. The number of benzene rings is 2. The first-order valence-electron chi connectivity index (χ1n) is 12.0. The van der Waals surface area contributed by atoms with Gasteiger partial charge in [-0.05, 0) is 85.6 Å². The number of rotatable bonds is 4. The SMILES string of the molecule is COC1(c2ccc(-c3ccc(-c4ccccc4)s3)c(O)c2)OOC12C1CC3CC(C1)CC2C3. The molecule has 5 aliphatic rings. The number of phenols is 1. The molecule has 8 rings (SSSR count). The predicted octanol–water partition coefficient (Wildman–Crippen LogP) is 6.74. The molecule has 1 atom stereocenters. The van der Waals surface area contributed by atoms with E-state index >= 15 is 0 Å². The van der Waals surface area contributed by atoms with E-state index in [0.29, 0.717) is 11.8 Å². The fourth-order valence-electron chi connectivity index (χ4n) is 7.54. The molecule has 33 heavy (non-hydrogen) atoms. The first-order valence-corrected chi connectivity index (χ1v) is 12.9. The van der Waals surface area contributed by atoms with Crippen molar-refractivity contribution in [1.82, 2.24) is 0 Å². The molecule has 3 aromatic rings. The van der Waals surface area contributed by atoms with Crippen molar-refractivity contribution in [3.63, 3.8) is 0 Å². The van der Waals surface area contributed by atoms with E-state index in [1.807, 2.05) is 30.3 Å².